The number of ketones is 1. The Bertz CT molecular complexity index is 734. The summed E-state index contributed by atoms with van der Waals surface area (Å²) in [5, 5.41) is 21.8. The minimum Gasteiger partial charge on any atom is -0.497 e. The zero-order valence-corrected chi connectivity index (χ0v) is 14.7. The number of hydrogen-bond donors (Lipinski definition) is 3. The largest absolute Gasteiger partial charge is 0.497 e. The first-order valence-electron chi connectivity index (χ1n) is 7.84. The zero-order chi connectivity index (χ0) is 18.6. The molecule has 0 bridgehead atoms. The molecule has 1 unspecified atom stereocenters. The summed E-state index contributed by atoms with van der Waals surface area (Å²) in [7, 11) is 3.09. The molecule has 0 fully saturated rings. The third-order valence-corrected chi connectivity index (χ3v) is 3.81. The van der Waals surface area contributed by atoms with Crippen LogP contribution in [0.15, 0.2) is 42.5 Å². The van der Waals surface area contributed by atoms with E-state index in [9.17, 15) is 15.0 Å². The highest BCUT2D eigenvalue weighted by Crippen LogP contribution is 2.27. The van der Waals surface area contributed by atoms with Gasteiger partial charge < -0.3 is 19.7 Å². The van der Waals surface area contributed by atoms with Crippen molar-refractivity contribution in [2.75, 3.05) is 14.2 Å². The minimum absolute atomic E-state index is 0.175. The first-order valence-corrected chi connectivity index (χ1v) is 7.84. The van der Waals surface area contributed by atoms with E-state index in [1.54, 1.807) is 56.5 Å². The molecule has 0 heterocycles. The highest BCUT2D eigenvalue weighted by Gasteiger charge is 2.24. The molecule has 0 spiro atoms. The van der Waals surface area contributed by atoms with E-state index < -0.39 is 12.0 Å². The Morgan fingerprint density at radius 1 is 1.04 bits per heavy atom. The maximum atomic E-state index is 12.9. The average molecular weight is 345 g/mol. The van der Waals surface area contributed by atoms with Crippen molar-refractivity contribution in [3.63, 3.8) is 0 Å². The van der Waals surface area contributed by atoms with Gasteiger partial charge in [-0.15, -0.1) is 0 Å². The Morgan fingerprint density at radius 3 is 2.12 bits per heavy atom. The van der Waals surface area contributed by atoms with E-state index in [1.807, 2.05) is 0 Å². The van der Waals surface area contributed by atoms with Gasteiger partial charge in [-0.3, -0.25) is 10.1 Å². The van der Waals surface area contributed by atoms with Crippen LogP contribution in [0.2, 0.25) is 0 Å². The standard InChI is InChI=1S/C19H23NO5/c1-12(20-19(2,22)23)17-11-15(25-4)9-10-16(17)18(21)13-5-7-14(24-3)8-6-13/h5-12,20,22-23H,1-4H3. The molecule has 0 saturated heterocycles. The van der Waals surface area contributed by atoms with Gasteiger partial charge in [-0.25, -0.2) is 0 Å². The third kappa shape index (κ3) is 4.79. The molecule has 0 radical (unpaired) electrons. The van der Waals surface area contributed by atoms with Crippen molar-refractivity contribution >= 4 is 5.78 Å². The van der Waals surface area contributed by atoms with Crippen LogP contribution < -0.4 is 14.8 Å². The number of rotatable bonds is 7. The fraction of sp³-hybridized carbons (Fsp3) is 0.316. The van der Waals surface area contributed by atoms with Crippen molar-refractivity contribution in [1.82, 2.24) is 5.32 Å². The van der Waals surface area contributed by atoms with Crippen molar-refractivity contribution in [3.8, 4) is 11.5 Å². The van der Waals surface area contributed by atoms with Gasteiger partial charge in [0.05, 0.1) is 14.2 Å². The van der Waals surface area contributed by atoms with Crippen molar-refractivity contribution in [3.05, 3.63) is 59.2 Å². The number of carbonyl (C=O) groups excluding carboxylic acids is 1. The molecular formula is C19H23NO5. The Hall–Kier alpha value is -2.41. The van der Waals surface area contributed by atoms with E-state index >= 15 is 0 Å². The lowest BCUT2D eigenvalue weighted by Gasteiger charge is -2.25. The molecule has 0 aromatic heterocycles. The monoisotopic (exact) mass is 345 g/mol. The molecule has 3 N–H and O–H groups in total. The summed E-state index contributed by atoms with van der Waals surface area (Å²) in [5.74, 6) is -1.000. The van der Waals surface area contributed by atoms with Crippen LogP contribution in [0.25, 0.3) is 0 Å². The second kappa shape index (κ2) is 7.65. The number of benzene rings is 2. The summed E-state index contributed by atoms with van der Waals surface area (Å²) in [4.78, 5) is 12.9. The van der Waals surface area contributed by atoms with E-state index in [-0.39, 0.29) is 5.78 Å². The summed E-state index contributed by atoms with van der Waals surface area (Å²) >= 11 is 0. The van der Waals surface area contributed by atoms with E-state index in [4.69, 9.17) is 9.47 Å². The fourth-order valence-electron chi connectivity index (χ4n) is 2.62. The lowest BCUT2D eigenvalue weighted by atomic mass is 9.94. The fourth-order valence-corrected chi connectivity index (χ4v) is 2.62. The molecule has 6 heteroatoms. The van der Waals surface area contributed by atoms with Gasteiger partial charge in [0, 0.05) is 24.1 Å². The zero-order valence-electron chi connectivity index (χ0n) is 14.7. The first kappa shape index (κ1) is 18.9. The van der Waals surface area contributed by atoms with Crippen molar-refractivity contribution < 1.29 is 24.5 Å². The van der Waals surface area contributed by atoms with Gasteiger partial charge in [-0.05, 0) is 55.0 Å². The van der Waals surface area contributed by atoms with Crippen LogP contribution in [0.4, 0.5) is 0 Å². The van der Waals surface area contributed by atoms with Crippen molar-refractivity contribution in [2.24, 2.45) is 0 Å². The molecule has 1 atom stereocenters. The van der Waals surface area contributed by atoms with E-state index in [1.165, 1.54) is 14.0 Å². The quantitative estimate of drug-likeness (QED) is 0.527. The first-order chi connectivity index (χ1) is 11.7. The number of nitrogens with one attached hydrogen (secondary N) is 1. The predicted molar refractivity (Wildman–Crippen MR) is 93.8 cm³/mol. The SMILES string of the molecule is COc1ccc(C(=O)c2ccc(OC)cc2C(C)NC(C)(O)O)cc1. The van der Waals surface area contributed by atoms with Crippen LogP contribution in [-0.2, 0) is 0 Å². The molecule has 0 aliphatic carbocycles. The summed E-state index contributed by atoms with van der Waals surface area (Å²) in [6, 6.07) is 11.4. The second-order valence-electron chi connectivity index (χ2n) is 5.90. The smallest absolute Gasteiger partial charge is 0.219 e. The average Bonchev–Trinajstić information content (AvgIpc) is 2.59. The van der Waals surface area contributed by atoms with Crippen LogP contribution in [-0.4, -0.2) is 36.1 Å². The van der Waals surface area contributed by atoms with Gasteiger partial charge in [0.1, 0.15) is 11.5 Å². The third-order valence-electron chi connectivity index (χ3n) is 3.81. The van der Waals surface area contributed by atoms with Gasteiger partial charge in [0.15, 0.2) is 5.78 Å². The number of hydrogen-bond acceptors (Lipinski definition) is 6. The minimum atomic E-state index is -2.07. The van der Waals surface area contributed by atoms with Crippen molar-refractivity contribution in [1.29, 1.82) is 0 Å². The Morgan fingerprint density at radius 2 is 1.60 bits per heavy atom. The van der Waals surface area contributed by atoms with Crippen LogP contribution in [0, 0.1) is 0 Å². The van der Waals surface area contributed by atoms with E-state index in [0.29, 0.717) is 28.2 Å². The lowest BCUT2D eigenvalue weighted by Crippen LogP contribution is -2.43. The molecule has 0 aliphatic rings. The molecule has 0 amide bonds. The Labute approximate surface area is 147 Å². The van der Waals surface area contributed by atoms with Crippen LogP contribution in [0.1, 0.15) is 41.4 Å². The highest BCUT2D eigenvalue weighted by atomic mass is 16.5. The van der Waals surface area contributed by atoms with Crippen LogP contribution in [0.3, 0.4) is 0 Å². The van der Waals surface area contributed by atoms with Gasteiger partial charge in [0.2, 0.25) is 5.91 Å². The Kier molecular flexibility index (Phi) is 5.79. The molecule has 0 aliphatic heterocycles. The maximum Gasteiger partial charge on any atom is 0.219 e. The normalized spacial score (nSPS) is 12.6. The molecule has 25 heavy (non-hydrogen) atoms. The Balaban J connectivity index is 2.42. The molecule has 6 nitrogen and oxygen atoms in total. The van der Waals surface area contributed by atoms with Crippen LogP contribution in [0.5, 0.6) is 11.5 Å². The van der Waals surface area contributed by atoms with Crippen LogP contribution >= 0.6 is 0 Å². The second-order valence-corrected chi connectivity index (χ2v) is 5.90. The van der Waals surface area contributed by atoms with Gasteiger partial charge in [-0.1, -0.05) is 0 Å². The maximum absolute atomic E-state index is 12.9. The molecular weight excluding hydrogens is 322 g/mol. The molecule has 2 rings (SSSR count). The summed E-state index contributed by atoms with van der Waals surface area (Å²) in [5.41, 5.74) is 1.57. The number of methoxy groups -OCH3 is 2. The van der Waals surface area contributed by atoms with E-state index in [2.05, 4.69) is 5.32 Å². The summed E-state index contributed by atoms with van der Waals surface area (Å²) < 4.78 is 10.3. The van der Waals surface area contributed by atoms with Gasteiger partial charge in [-0.2, -0.15) is 0 Å². The highest BCUT2D eigenvalue weighted by molar-refractivity contribution is 6.10. The van der Waals surface area contributed by atoms with Crippen molar-refractivity contribution in [2.45, 2.75) is 25.8 Å². The molecule has 2 aromatic rings. The topological polar surface area (TPSA) is 88.0 Å². The molecule has 2 aromatic carbocycles. The number of carbonyl (C=O) groups is 1. The van der Waals surface area contributed by atoms with Gasteiger partial charge >= 0.3 is 0 Å². The lowest BCUT2D eigenvalue weighted by molar-refractivity contribution is -0.175. The van der Waals surface area contributed by atoms with Gasteiger partial charge in [0.25, 0.3) is 0 Å². The summed E-state index contributed by atoms with van der Waals surface area (Å²) in [6.45, 7) is 2.96. The summed E-state index contributed by atoms with van der Waals surface area (Å²) in [6.07, 6.45) is 0. The molecule has 134 valence electrons. The molecule has 0 saturated carbocycles. The number of aliphatic hydroxyl groups is 2. The predicted octanol–water partition coefficient (Wildman–Crippen LogP) is 2.24. The van der Waals surface area contributed by atoms with E-state index in [0.717, 1.165) is 0 Å². The number of ether oxygens (including phenoxy) is 2.